The van der Waals surface area contributed by atoms with Gasteiger partial charge in [-0.1, -0.05) is 6.92 Å². The summed E-state index contributed by atoms with van der Waals surface area (Å²) < 4.78 is 5.29. The molecule has 1 rings (SSSR count). The molecule has 3 N–H and O–H groups in total. The van der Waals surface area contributed by atoms with Crippen LogP contribution in [0.25, 0.3) is 0 Å². The zero-order valence-corrected chi connectivity index (χ0v) is 9.29. The second kappa shape index (κ2) is 5.38. The van der Waals surface area contributed by atoms with Gasteiger partial charge in [0.25, 0.3) is 0 Å². The number of aliphatic hydroxyl groups excluding tert-OH is 2. The average Bonchev–Trinajstić information content (AvgIpc) is 2.25. The SMILES string of the molecule is CC(=O)NC1C(O)[C@H](C)C(CO)O[C@H]1C=O. The molecule has 1 fully saturated rings. The van der Waals surface area contributed by atoms with Gasteiger partial charge in [0.2, 0.25) is 5.91 Å². The fourth-order valence-corrected chi connectivity index (χ4v) is 1.88. The van der Waals surface area contributed by atoms with Crippen LogP contribution in [0.2, 0.25) is 0 Å². The molecule has 5 atom stereocenters. The van der Waals surface area contributed by atoms with Crippen LogP contribution in [0.4, 0.5) is 0 Å². The smallest absolute Gasteiger partial charge is 0.217 e. The fourth-order valence-electron chi connectivity index (χ4n) is 1.88. The molecule has 0 aromatic rings. The third-order valence-corrected chi connectivity index (χ3v) is 2.86. The van der Waals surface area contributed by atoms with Gasteiger partial charge in [0.05, 0.1) is 24.9 Å². The molecule has 0 spiro atoms. The van der Waals surface area contributed by atoms with E-state index in [4.69, 9.17) is 9.84 Å². The van der Waals surface area contributed by atoms with E-state index in [0.717, 1.165) is 0 Å². The van der Waals surface area contributed by atoms with E-state index in [1.807, 2.05) is 0 Å². The number of rotatable bonds is 3. The first-order valence-corrected chi connectivity index (χ1v) is 5.18. The van der Waals surface area contributed by atoms with E-state index in [-0.39, 0.29) is 18.4 Å². The maximum absolute atomic E-state index is 10.9. The van der Waals surface area contributed by atoms with Crippen molar-refractivity contribution in [3.05, 3.63) is 0 Å². The third-order valence-electron chi connectivity index (χ3n) is 2.86. The molecule has 6 nitrogen and oxygen atoms in total. The van der Waals surface area contributed by atoms with Crippen LogP contribution in [0.3, 0.4) is 0 Å². The summed E-state index contributed by atoms with van der Waals surface area (Å²) in [6.07, 6.45) is -1.90. The summed E-state index contributed by atoms with van der Waals surface area (Å²) in [5.41, 5.74) is 0. The molecule has 1 aliphatic heterocycles. The Labute approximate surface area is 93.6 Å². The van der Waals surface area contributed by atoms with Gasteiger partial charge in [-0.25, -0.2) is 0 Å². The van der Waals surface area contributed by atoms with Gasteiger partial charge in [0, 0.05) is 12.8 Å². The van der Waals surface area contributed by atoms with Gasteiger partial charge in [-0.2, -0.15) is 0 Å². The molecule has 0 radical (unpaired) electrons. The van der Waals surface area contributed by atoms with E-state index in [2.05, 4.69) is 5.32 Å². The standard InChI is InChI=1S/C10H17NO5/c1-5-7(3-12)16-8(4-13)9(10(5)15)11-6(2)14/h4-5,7-10,12,15H,3H2,1-2H3,(H,11,14)/t5-,7?,8+,9?,10?/m1/s1. The molecule has 0 saturated carbocycles. The molecule has 1 aliphatic rings. The van der Waals surface area contributed by atoms with Crippen molar-refractivity contribution in [1.82, 2.24) is 5.32 Å². The zero-order chi connectivity index (χ0) is 12.3. The van der Waals surface area contributed by atoms with Crippen LogP contribution < -0.4 is 5.32 Å². The third kappa shape index (κ3) is 2.58. The molecule has 0 aromatic heterocycles. The summed E-state index contributed by atoms with van der Waals surface area (Å²) in [5, 5.41) is 21.4. The van der Waals surface area contributed by atoms with E-state index in [0.29, 0.717) is 6.29 Å². The fraction of sp³-hybridized carbons (Fsp3) is 0.800. The number of hydrogen-bond acceptors (Lipinski definition) is 5. The number of aldehydes is 1. The first-order chi connectivity index (χ1) is 7.51. The maximum Gasteiger partial charge on any atom is 0.217 e. The van der Waals surface area contributed by atoms with Crippen molar-refractivity contribution >= 4 is 12.2 Å². The normalized spacial score (nSPS) is 39.1. The lowest BCUT2D eigenvalue weighted by atomic mass is 9.87. The van der Waals surface area contributed by atoms with Gasteiger partial charge in [0.1, 0.15) is 6.10 Å². The van der Waals surface area contributed by atoms with Crippen LogP contribution in [-0.2, 0) is 14.3 Å². The van der Waals surface area contributed by atoms with Crippen LogP contribution in [0, 0.1) is 5.92 Å². The van der Waals surface area contributed by atoms with Crippen LogP contribution in [0.15, 0.2) is 0 Å². The molecular weight excluding hydrogens is 214 g/mol. The van der Waals surface area contributed by atoms with Crippen molar-refractivity contribution in [3.63, 3.8) is 0 Å². The summed E-state index contributed by atoms with van der Waals surface area (Å²) in [7, 11) is 0. The number of hydrogen-bond donors (Lipinski definition) is 3. The molecule has 6 heteroatoms. The van der Waals surface area contributed by atoms with Gasteiger partial charge >= 0.3 is 0 Å². The highest BCUT2D eigenvalue weighted by molar-refractivity contribution is 5.74. The number of nitrogens with one attached hydrogen (secondary N) is 1. The van der Waals surface area contributed by atoms with Crippen molar-refractivity contribution in [2.75, 3.05) is 6.61 Å². The molecule has 1 heterocycles. The van der Waals surface area contributed by atoms with E-state index >= 15 is 0 Å². The Hall–Kier alpha value is -0.980. The van der Waals surface area contributed by atoms with Crippen LogP contribution in [0.1, 0.15) is 13.8 Å². The Kier molecular flexibility index (Phi) is 4.40. The van der Waals surface area contributed by atoms with Crippen molar-refractivity contribution in [2.45, 2.75) is 38.2 Å². The maximum atomic E-state index is 10.9. The zero-order valence-electron chi connectivity index (χ0n) is 9.29. The van der Waals surface area contributed by atoms with E-state index in [1.165, 1.54) is 6.92 Å². The van der Waals surface area contributed by atoms with Gasteiger partial charge in [-0.15, -0.1) is 0 Å². The Bertz CT molecular complexity index is 270. The van der Waals surface area contributed by atoms with Crippen LogP contribution in [-0.4, -0.2) is 53.4 Å². The average molecular weight is 231 g/mol. The summed E-state index contributed by atoms with van der Waals surface area (Å²) in [4.78, 5) is 21.7. The van der Waals surface area contributed by atoms with Crippen molar-refractivity contribution in [3.8, 4) is 0 Å². The lowest BCUT2D eigenvalue weighted by Crippen LogP contribution is -2.61. The summed E-state index contributed by atoms with van der Waals surface area (Å²) in [6, 6.07) is -0.757. The first kappa shape index (κ1) is 13.1. The summed E-state index contributed by atoms with van der Waals surface area (Å²) in [6.45, 7) is 2.73. The highest BCUT2D eigenvalue weighted by Gasteiger charge is 2.42. The second-order valence-electron chi connectivity index (χ2n) is 4.03. The lowest BCUT2D eigenvalue weighted by Gasteiger charge is -2.41. The highest BCUT2D eigenvalue weighted by Crippen LogP contribution is 2.24. The number of amides is 1. The van der Waals surface area contributed by atoms with E-state index in [9.17, 15) is 14.7 Å². The number of aliphatic hydroxyl groups is 2. The van der Waals surface area contributed by atoms with Crippen molar-refractivity contribution in [1.29, 1.82) is 0 Å². The van der Waals surface area contributed by atoms with E-state index in [1.54, 1.807) is 6.92 Å². The Morgan fingerprint density at radius 1 is 1.56 bits per heavy atom. The molecule has 0 bridgehead atoms. The quantitative estimate of drug-likeness (QED) is 0.511. The molecule has 16 heavy (non-hydrogen) atoms. The summed E-state index contributed by atoms with van der Waals surface area (Å²) in [5.74, 6) is -0.688. The summed E-state index contributed by atoms with van der Waals surface area (Å²) >= 11 is 0. The molecule has 3 unspecified atom stereocenters. The minimum absolute atomic E-state index is 0.268. The molecule has 1 amide bonds. The topological polar surface area (TPSA) is 95.9 Å². The van der Waals surface area contributed by atoms with Crippen LogP contribution >= 0.6 is 0 Å². The minimum atomic E-state index is -0.924. The number of ether oxygens (including phenoxy) is 1. The molecule has 0 aliphatic carbocycles. The monoisotopic (exact) mass is 231 g/mol. The Balaban J connectivity index is 2.81. The van der Waals surface area contributed by atoms with Crippen LogP contribution in [0.5, 0.6) is 0 Å². The molecular formula is C10H17NO5. The lowest BCUT2D eigenvalue weighted by molar-refractivity contribution is -0.168. The second-order valence-corrected chi connectivity index (χ2v) is 4.03. The van der Waals surface area contributed by atoms with Crippen molar-refractivity contribution in [2.24, 2.45) is 5.92 Å². The minimum Gasteiger partial charge on any atom is -0.394 e. The van der Waals surface area contributed by atoms with Gasteiger partial charge < -0.3 is 25.1 Å². The highest BCUT2D eigenvalue weighted by atomic mass is 16.5. The number of carbonyl (C=O) groups excluding carboxylic acids is 2. The van der Waals surface area contributed by atoms with Gasteiger partial charge in [-0.3, -0.25) is 4.79 Å². The van der Waals surface area contributed by atoms with Gasteiger partial charge in [-0.05, 0) is 0 Å². The molecule has 1 saturated heterocycles. The largest absolute Gasteiger partial charge is 0.394 e. The Morgan fingerprint density at radius 3 is 2.62 bits per heavy atom. The predicted molar refractivity (Wildman–Crippen MR) is 54.6 cm³/mol. The number of carbonyl (C=O) groups is 2. The molecule has 92 valence electrons. The van der Waals surface area contributed by atoms with Crippen molar-refractivity contribution < 1.29 is 24.5 Å². The first-order valence-electron chi connectivity index (χ1n) is 5.18. The Morgan fingerprint density at radius 2 is 2.19 bits per heavy atom. The van der Waals surface area contributed by atoms with Gasteiger partial charge in [0.15, 0.2) is 6.29 Å². The predicted octanol–water partition coefficient (Wildman–Crippen LogP) is -1.55. The molecule has 0 aromatic carbocycles. The van der Waals surface area contributed by atoms with E-state index < -0.39 is 24.4 Å².